The minimum atomic E-state index is 0.104. The van der Waals surface area contributed by atoms with Gasteiger partial charge in [-0.15, -0.1) is 0 Å². The van der Waals surface area contributed by atoms with E-state index >= 15 is 0 Å². The average Bonchev–Trinajstić information content (AvgIpc) is 3.10. The lowest BCUT2D eigenvalue weighted by Gasteiger charge is -2.16. The molecular weight excluding hydrogens is 332 g/mol. The SMILES string of the molecule is CCN(C)CCc1cc(C)c(OC(=S)N=C(N)n2cccc2)cc1C. The number of hydrogen-bond acceptors (Lipinski definition) is 3. The molecule has 1 heterocycles. The van der Waals surface area contributed by atoms with Gasteiger partial charge >= 0.3 is 0 Å². The van der Waals surface area contributed by atoms with Crippen molar-refractivity contribution in [2.75, 3.05) is 20.1 Å². The molecular formula is C19H26N4OS. The fourth-order valence-corrected chi connectivity index (χ4v) is 2.64. The topological polar surface area (TPSA) is 55.8 Å². The largest absolute Gasteiger partial charge is 0.430 e. The molecule has 2 N–H and O–H groups in total. The summed E-state index contributed by atoms with van der Waals surface area (Å²) in [6.07, 6.45) is 4.62. The van der Waals surface area contributed by atoms with E-state index in [1.807, 2.05) is 25.1 Å². The van der Waals surface area contributed by atoms with Gasteiger partial charge in [0, 0.05) is 18.9 Å². The molecule has 1 aromatic heterocycles. The van der Waals surface area contributed by atoms with Crippen LogP contribution in [0.2, 0.25) is 0 Å². The van der Waals surface area contributed by atoms with E-state index < -0.39 is 0 Å². The van der Waals surface area contributed by atoms with E-state index in [-0.39, 0.29) is 11.1 Å². The summed E-state index contributed by atoms with van der Waals surface area (Å²) in [7, 11) is 2.13. The van der Waals surface area contributed by atoms with Crippen LogP contribution >= 0.6 is 12.2 Å². The Kier molecular flexibility index (Phi) is 6.73. The molecule has 5 nitrogen and oxygen atoms in total. The summed E-state index contributed by atoms with van der Waals surface area (Å²) in [5.74, 6) is 1.00. The molecule has 0 unspecified atom stereocenters. The van der Waals surface area contributed by atoms with Crippen LogP contribution in [0.1, 0.15) is 23.6 Å². The molecule has 1 aromatic carbocycles. The van der Waals surface area contributed by atoms with Crippen molar-refractivity contribution in [1.29, 1.82) is 0 Å². The number of aromatic nitrogens is 1. The monoisotopic (exact) mass is 358 g/mol. The van der Waals surface area contributed by atoms with Gasteiger partial charge in [0.25, 0.3) is 5.17 Å². The van der Waals surface area contributed by atoms with Crippen molar-refractivity contribution >= 4 is 23.4 Å². The molecule has 134 valence electrons. The molecule has 2 rings (SSSR count). The molecule has 6 heteroatoms. The minimum absolute atomic E-state index is 0.104. The highest BCUT2D eigenvalue weighted by atomic mass is 32.1. The van der Waals surface area contributed by atoms with Crippen molar-refractivity contribution in [3.63, 3.8) is 0 Å². The molecule has 0 aliphatic carbocycles. The lowest BCUT2D eigenvalue weighted by molar-refractivity contribution is 0.357. The number of thiocarbonyl (C=S) groups is 1. The van der Waals surface area contributed by atoms with Crippen LogP contribution in [0.5, 0.6) is 5.75 Å². The molecule has 0 atom stereocenters. The Hall–Kier alpha value is -2.18. The van der Waals surface area contributed by atoms with Crippen LogP contribution in [0.25, 0.3) is 0 Å². The quantitative estimate of drug-likeness (QED) is 0.507. The van der Waals surface area contributed by atoms with E-state index in [9.17, 15) is 0 Å². The smallest absolute Gasteiger partial charge is 0.292 e. The molecule has 0 radical (unpaired) electrons. The van der Waals surface area contributed by atoms with Crippen LogP contribution in [0, 0.1) is 13.8 Å². The first-order valence-electron chi connectivity index (χ1n) is 8.38. The maximum absolute atomic E-state index is 5.91. The molecule has 0 aliphatic rings. The zero-order valence-corrected chi connectivity index (χ0v) is 16.1. The van der Waals surface area contributed by atoms with Gasteiger partial charge in [-0.05, 0) is 81.0 Å². The van der Waals surface area contributed by atoms with E-state index in [1.54, 1.807) is 17.0 Å². The number of aliphatic imine (C=N–C) groups is 1. The van der Waals surface area contributed by atoms with Gasteiger partial charge in [-0.3, -0.25) is 4.57 Å². The number of aryl methyl sites for hydroxylation is 2. The molecule has 2 aromatic rings. The van der Waals surface area contributed by atoms with Crippen LogP contribution in [-0.2, 0) is 6.42 Å². The fraction of sp³-hybridized carbons (Fsp3) is 0.368. The summed E-state index contributed by atoms with van der Waals surface area (Å²) in [6.45, 7) is 8.36. The Morgan fingerprint density at radius 3 is 2.56 bits per heavy atom. The van der Waals surface area contributed by atoms with Crippen molar-refractivity contribution < 1.29 is 4.74 Å². The average molecular weight is 359 g/mol. The summed E-state index contributed by atoms with van der Waals surface area (Å²) < 4.78 is 7.42. The summed E-state index contributed by atoms with van der Waals surface area (Å²) >= 11 is 5.21. The van der Waals surface area contributed by atoms with Crippen LogP contribution in [-0.4, -0.2) is 40.7 Å². The molecule has 0 fully saturated rings. The lowest BCUT2D eigenvalue weighted by atomic mass is 10.0. The highest BCUT2D eigenvalue weighted by Crippen LogP contribution is 2.24. The molecule has 0 bridgehead atoms. The van der Waals surface area contributed by atoms with Gasteiger partial charge in [-0.1, -0.05) is 13.0 Å². The normalized spacial score (nSPS) is 11.8. The molecule has 0 amide bonds. The number of benzene rings is 1. The van der Waals surface area contributed by atoms with E-state index in [1.165, 1.54) is 11.1 Å². The standard InChI is InChI=1S/C19H26N4OS/c1-5-22(4)11-8-16-12-15(3)17(13-14(16)2)24-19(25)21-18(20)23-9-6-7-10-23/h6-7,9-10,12-13H,5,8,11H2,1-4H3,(H2,20,21,25). The summed E-state index contributed by atoms with van der Waals surface area (Å²) in [6, 6.07) is 7.92. The lowest BCUT2D eigenvalue weighted by Crippen LogP contribution is -2.23. The molecule has 0 aliphatic heterocycles. The van der Waals surface area contributed by atoms with E-state index in [0.29, 0.717) is 0 Å². The van der Waals surface area contributed by atoms with Crippen molar-refractivity contribution in [2.24, 2.45) is 10.7 Å². The summed E-state index contributed by atoms with van der Waals surface area (Å²) in [5.41, 5.74) is 9.46. The fourth-order valence-electron chi connectivity index (χ4n) is 2.45. The van der Waals surface area contributed by atoms with Gasteiger partial charge in [-0.25, -0.2) is 0 Å². The van der Waals surface area contributed by atoms with Crippen molar-refractivity contribution in [3.8, 4) is 5.75 Å². The van der Waals surface area contributed by atoms with E-state index in [4.69, 9.17) is 22.7 Å². The Morgan fingerprint density at radius 2 is 1.92 bits per heavy atom. The second-order valence-electron chi connectivity index (χ2n) is 6.12. The highest BCUT2D eigenvalue weighted by Gasteiger charge is 2.09. The number of hydrogen-bond donors (Lipinski definition) is 1. The highest BCUT2D eigenvalue weighted by molar-refractivity contribution is 7.80. The van der Waals surface area contributed by atoms with Gasteiger partial charge in [-0.2, -0.15) is 4.99 Å². The summed E-state index contributed by atoms with van der Waals surface area (Å²) in [5, 5.41) is 0.104. The van der Waals surface area contributed by atoms with Crippen LogP contribution in [0.4, 0.5) is 0 Å². The second kappa shape index (κ2) is 8.78. The number of nitrogens with zero attached hydrogens (tertiary/aromatic N) is 3. The van der Waals surface area contributed by atoms with Crippen LogP contribution < -0.4 is 10.5 Å². The van der Waals surface area contributed by atoms with Gasteiger partial charge in [0.05, 0.1) is 0 Å². The maximum Gasteiger partial charge on any atom is 0.292 e. The Labute approximate surface area is 155 Å². The zero-order valence-electron chi connectivity index (χ0n) is 15.3. The third-order valence-electron chi connectivity index (χ3n) is 4.21. The van der Waals surface area contributed by atoms with Crippen LogP contribution in [0.3, 0.4) is 0 Å². The molecule has 0 saturated heterocycles. The van der Waals surface area contributed by atoms with Gasteiger partial charge in [0.1, 0.15) is 5.75 Å². The van der Waals surface area contributed by atoms with E-state index in [2.05, 4.69) is 36.9 Å². The number of nitrogens with two attached hydrogens (primary N) is 1. The van der Waals surface area contributed by atoms with Crippen LogP contribution in [0.15, 0.2) is 41.7 Å². The maximum atomic E-state index is 5.91. The minimum Gasteiger partial charge on any atom is -0.430 e. The Morgan fingerprint density at radius 1 is 1.24 bits per heavy atom. The molecule has 0 saturated carbocycles. The van der Waals surface area contributed by atoms with Crippen molar-refractivity contribution in [1.82, 2.24) is 9.47 Å². The van der Waals surface area contributed by atoms with Gasteiger partial charge in [0.15, 0.2) is 0 Å². The predicted molar refractivity (Wildman–Crippen MR) is 107 cm³/mol. The number of likely N-dealkylation sites (N-methyl/N-ethyl adjacent to an activating group) is 1. The first kappa shape index (κ1) is 19.1. The first-order chi connectivity index (χ1) is 11.9. The third-order valence-corrected chi connectivity index (χ3v) is 4.38. The Bertz CT molecular complexity index is 753. The Balaban J connectivity index is 2.08. The number of ether oxygens (including phenoxy) is 1. The van der Waals surface area contributed by atoms with Crippen molar-refractivity contribution in [3.05, 3.63) is 53.3 Å². The molecule has 0 spiro atoms. The van der Waals surface area contributed by atoms with Gasteiger partial charge in [0.2, 0.25) is 5.96 Å². The number of rotatable bonds is 5. The zero-order chi connectivity index (χ0) is 18.4. The summed E-state index contributed by atoms with van der Waals surface area (Å²) in [4.78, 5) is 6.44. The first-order valence-corrected chi connectivity index (χ1v) is 8.79. The van der Waals surface area contributed by atoms with Gasteiger partial charge < -0.3 is 15.4 Å². The van der Waals surface area contributed by atoms with E-state index in [0.717, 1.165) is 30.8 Å². The third kappa shape index (κ3) is 5.41. The van der Waals surface area contributed by atoms with Crippen molar-refractivity contribution in [2.45, 2.75) is 27.2 Å². The molecule has 25 heavy (non-hydrogen) atoms. The predicted octanol–water partition coefficient (Wildman–Crippen LogP) is 3.13. The second-order valence-corrected chi connectivity index (χ2v) is 6.47.